The maximum atomic E-state index is 5.27. The van der Waals surface area contributed by atoms with Gasteiger partial charge >= 0.3 is 0 Å². The number of ether oxygens (including phenoxy) is 1. The fourth-order valence-corrected chi connectivity index (χ4v) is 0.898. The standard InChI is InChI=1S/C7H14N2O/c1-7-8(2)4-5-10-6-9(7)3/h1,4-6H2,2-3H3. The van der Waals surface area contributed by atoms with E-state index in [4.69, 9.17) is 4.74 Å². The summed E-state index contributed by atoms with van der Waals surface area (Å²) in [5.74, 6) is 1.03. The highest BCUT2D eigenvalue weighted by atomic mass is 16.5. The van der Waals surface area contributed by atoms with E-state index in [0.717, 1.165) is 19.0 Å². The molecule has 1 aliphatic heterocycles. The number of hydrogen-bond donors (Lipinski definition) is 0. The first-order valence-corrected chi connectivity index (χ1v) is 3.40. The van der Waals surface area contributed by atoms with Crippen LogP contribution in [-0.4, -0.2) is 43.8 Å². The van der Waals surface area contributed by atoms with Gasteiger partial charge in [-0.3, -0.25) is 0 Å². The molecule has 0 aromatic rings. The molecule has 0 atom stereocenters. The van der Waals surface area contributed by atoms with Crippen molar-refractivity contribution in [3.05, 3.63) is 12.4 Å². The molecule has 1 heterocycles. The first-order valence-electron chi connectivity index (χ1n) is 3.40. The molecule has 0 aromatic carbocycles. The highest BCUT2D eigenvalue weighted by Gasteiger charge is 2.10. The van der Waals surface area contributed by atoms with Crippen molar-refractivity contribution in [1.29, 1.82) is 0 Å². The van der Waals surface area contributed by atoms with Gasteiger partial charge in [0, 0.05) is 20.6 Å². The monoisotopic (exact) mass is 142 g/mol. The lowest BCUT2D eigenvalue weighted by Gasteiger charge is -2.24. The Hall–Kier alpha value is -0.700. The molecule has 0 saturated carbocycles. The molecule has 0 aromatic heterocycles. The second-order valence-corrected chi connectivity index (χ2v) is 2.57. The summed E-state index contributed by atoms with van der Waals surface area (Å²) in [7, 11) is 4.00. The normalized spacial score (nSPS) is 21.2. The van der Waals surface area contributed by atoms with Gasteiger partial charge < -0.3 is 14.5 Å². The quantitative estimate of drug-likeness (QED) is 0.484. The van der Waals surface area contributed by atoms with E-state index in [1.807, 2.05) is 19.0 Å². The molecule has 0 aliphatic carbocycles. The number of nitrogens with zero attached hydrogens (tertiary/aromatic N) is 2. The van der Waals surface area contributed by atoms with Crippen LogP contribution >= 0.6 is 0 Å². The Morgan fingerprint density at radius 2 is 2.10 bits per heavy atom. The van der Waals surface area contributed by atoms with Crippen LogP contribution in [0.1, 0.15) is 0 Å². The Balaban J connectivity index is 2.55. The SMILES string of the molecule is C=C1N(C)CCOCN1C. The molecule has 0 N–H and O–H groups in total. The van der Waals surface area contributed by atoms with E-state index in [2.05, 4.69) is 11.5 Å². The fourth-order valence-electron chi connectivity index (χ4n) is 0.898. The van der Waals surface area contributed by atoms with E-state index in [1.165, 1.54) is 0 Å². The van der Waals surface area contributed by atoms with Crippen LogP contribution in [0, 0.1) is 0 Å². The summed E-state index contributed by atoms with van der Waals surface area (Å²) in [6.45, 7) is 6.29. The van der Waals surface area contributed by atoms with Crippen molar-refractivity contribution in [1.82, 2.24) is 9.80 Å². The van der Waals surface area contributed by atoms with Crippen LogP contribution < -0.4 is 0 Å². The van der Waals surface area contributed by atoms with Crippen molar-refractivity contribution in [2.75, 3.05) is 34.0 Å². The molecule has 10 heavy (non-hydrogen) atoms. The molecule has 0 amide bonds. The summed E-state index contributed by atoms with van der Waals surface area (Å²) in [5.41, 5.74) is 0. The summed E-state index contributed by atoms with van der Waals surface area (Å²) in [6.07, 6.45) is 0. The molecular weight excluding hydrogens is 128 g/mol. The molecule has 0 radical (unpaired) electrons. The zero-order chi connectivity index (χ0) is 7.56. The van der Waals surface area contributed by atoms with Crippen molar-refractivity contribution in [3.63, 3.8) is 0 Å². The van der Waals surface area contributed by atoms with E-state index in [9.17, 15) is 0 Å². The molecule has 1 fully saturated rings. The van der Waals surface area contributed by atoms with Gasteiger partial charge in [0.15, 0.2) is 0 Å². The van der Waals surface area contributed by atoms with Gasteiger partial charge in [0.25, 0.3) is 0 Å². The number of likely N-dealkylation sites (N-methyl/N-ethyl adjacent to an activating group) is 1. The highest BCUT2D eigenvalue weighted by molar-refractivity contribution is 4.90. The Morgan fingerprint density at radius 3 is 2.80 bits per heavy atom. The number of rotatable bonds is 0. The third-order valence-corrected chi connectivity index (χ3v) is 1.74. The molecule has 1 aliphatic rings. The van der Waals surface area contributed by atoms with Gasteiger partial charge in [-0.15, -0.1) is 0 Å². The largest absolute Gasteiger partial charge is 0.359 e. The van der Waals surface area contributed by atoms with E-state index in [-0.39, 0.29) is 0 Å². The predicted octanol–water partition coefficient (Wildman–Crippen LogP) is 0.309. The highest BCUT2D eigenvalue weighted by Crippen LogP contribution is 2.06. The molecule has 0 spiro atoms. The molecule has 0 unspecified atom stereocenters. The fraction of sp³-hybridized carbons (Fsp3) is 0.714. The summed E-state index contributed by atoms with van der Waals surface area (Å²) >= 11 is 0. The van der Waals surface area contributed by atoms with Crippen molar-refractivity contribution in [2.24, 2.45) is 0 Å². The zero-order valence-electron chi connectivity index (χ0n) is 6.63. The first-order chi connectivity index (χ1) is 4.72. The molecule has 58 valence electrons. The zero-order valence-corrected chi connectivity index (χ0v) is 6.63. The van der Waals surface area contributed by atoms with Crippen LogP contribution in [0.3, 0.4) is 0 Å². The minimum absolute atomic E-state index is 0.656. The van der Waals surface area contributed by atoms with Crippen molar-refractivity contribution < 1.29 is 4.74 Å². The van der Waals surface area contributed by atoms with Crippen LogP contribution in [0.5, 0.6) is 0 Å². The van der Waals surface area contributed by atoms with Crippen molar-refractivity contribution >= 4 is 0 Å². The van der Waals surface area contributed by atoms with Crippen LogP contribution in [-0.2, 0) is 4.74 Å². The third kappa shape index (κ3) is 1.42. The van der Waals surface area contributed by atoms with E-state index >= 15 is 0 Å². The van der Waals surface area contributed by atoms with Gasteiger partial charge in [0.1, 0.15) is 6.73 Å². The second-order valence-electron chi connectivity index (χ2n) is 2.57. The second kappa shape index (κ2) is 2.92. The Morgan fingerprint density at radius 1 is 1.40 bits per heavy atom. The Bertz CT molecular complexity index is 122. The van der Waals surface area contributed by atoms with Crippen molar-refractivity contribution in [2.45, 2.75) is 0 Å². The van der Waals surface area contributed by atoms with Gasteiger partial charge in [-0.1, -0.05) is 6.58 Å². The summed E-state index contributed by atoms with van der Waals surface area (Å²) in [5, 5.41) is 0. The molecule has 0 bridgehead atoms. The predicted molar refractivity (Wildman–Crippen MR) is 40.4 cm³/mol. The Kier molecular flexibility index (Phi) is 2.17. The van der Waals surface area contributed by atoms with Crippen LogP contribution in [0.15, 0.2) is 12.4 Å². The molecule has 1 saturated heterocycles. The minimum atomic E-state index is 0.656. The lowest BCUT2D eigenvalue weighted by molar-refractivity contribution is 0.0796. The summed E-state index contributed by atoms with van der Waals surface area (Å²) in [4.78, 5) is 4.08. The molecule has 3 nitrogen and oxygen atoms in total. The van der Waals surface area contributed by atoms with E-state index in [1.54, 1.807) is 0 Å². The first kappa shape index (κ1) is 7.41. The summed E-state index contributed by atoms with van der Waals surface area (Å²) in [6, 6.07) is 0. The molecular formula is C7H14N2O. The maximum absolute atomic E-state index is 5.27. The van der Waals surface area contributed by atoms with Gasteiger partial charge in [-0.25, -0.2) is 0 Å². The lowest BCUT2D eigenvalue weighted by atomic mass is 10.5. The van der Waals surface area contributed by atoms with Crippen LogP contribution in [0.2, 0.25) is 0 Å². The van der Waals surface area contributed by atoms with Gasteiger partial charge in [-0.05, 0) is 0 Å². The smallest absolute Gasteiger partial charge is 0.119 e. The lowest BCUT2D eigenvalue weighted by Crippen LogP contribution is -2.27. The minimum Gasteiger partial charge on any atom is -0.359 e. The maximum Gasteiger partial charge on any atom is 0.119 e. The van der Waals surface area contributed by atoms with E-state index < -0.39 is 0 Å². The van der Waals surface area contributed by atoms with Gasteiger partial charge in [-0.2, -0.15) is 0 Å². The topological polar surface area (TPSA) is 15.7 Å². The molecule has 1 rings (SSSR count). The Labute approximate surface area is 61.9 Å². The average Bonchev–Trinajstić information content (AvgIpc) is 2.04. The summed E-state index contributed by atoms with van der Waals surface area (Å²) < 4.78 is 5.27. The van der Waals surface area contributed by atoms with E-state index in [0.29, 0.717) is 6.73 Å². The average molecular weight is 142 g/mol. The number of hydrogen-bond acceptors (Lipinski definition) is 3. The van der Waals surface area contributed by atoms with Crippen LogP contribution in [0.4, 0.5) is 0 Å². The third-order valence-electron chi connectivity index (χ3n) is 1.74. The van der Waals surface area contributed by atoms with Gasteiger partial charge in [0.05, 0.1) is 12.4 Å². The molecule has 3 heteroatoms. The van der Waals surface area contributed by atoms with Crippen LogP contribution in [0.25, 0.3) is 0 Å². The van der Waals surface area contributed by atoms with Gasteiger partial charge in [0.2, 0.25) is 0 Å². The van der Waals surface area contributed by atoms with Crippen molar-refractivity contribution in [3.8, 4) is 0 Å².